The summed E-state index contributed by atoms with van der Waals surface area (Å²) in [6.45, 7) is 4.63. The van der Waals surface area contributed by atoms with E-state index in [1.807, 2.05) is 43.6 Å². The Morgan fingerprint density at radius 2 is 2.00 bits per heavy atom. The van der Waals surface area contributed by atoms with E-state index >= 15 is 0 Å². The highest BCUT2D eigenvalue weighted by molar-refractivity contribution is 5.67. The van der Waals surface area contributed by atoms with Crippen LogP contribution in [0.15, 0.2) is 54.9 Å². The van der Waals surface area contributed by atoms with E-state index in [2.05, 4.69) is 49.6 Å². The van der Waals surface area contributed by atoms with Crippen LogP contribution in [0.1, 0.15) is 31.2 Å². The molecule has 0 unspecified atom stereocenters. The zero-order chi connectivity index (χ0) is 26.0. The summed E-state index contributed by atoms with van der Waals surface area (Å²) in [4.78, 5) is 29.3. The lowest BCUT2D eigenvalue weighted by Gasteiger charge is -2.31. The fourth-order valence-electron chi connectivity index (χ4n) is 4.68. The van der Waals surface area contributed by atoms with Gasteiger partial charge in [-0.3, -0.25) is 9.69 Å². The zero-order valence-electron chi connectivity index (χ0n) is 21.7. The predicted molar refractivity (Wildman–Crippen MR) is 147 cm³/mol. The highest BCUT2D eigenvalue weighted by atomic mass is 16.4. The number of carbonyl (C=O) groups is 1. The predicted octanol–water partition coefficient (Wildman–Crippen LogP) is 4.01. The molecule has 3 N–H and O–H groups in total. The summed E-state index contributed by atoms with van der Waals surface area (Å²) in [7, 11) is 4.02. The minimum atomic E-state index is -0.694. The fraction of sp³-hybridized carbons (Fsp3) is 0.429. The number of rotatable bonds is 12. The van der Waals surface area contributed by atoms with Gasteiger partial charge in [0.15, 0.2) is 0 Å². The summed E-state index contributed by atoms with van der Waals surface area (Å²) in [5.41, 5.74) is 3.90. The highest BCUT2D eigenvalue weighted by Crippen LogP contribution is 2.24. The summed E-state index contributed by atoms with van der Waals surface area (Å²) >= 11 is 0. The lowest BCUT2D eigenvalue weighted by molar-refractivity contribution is -0.138. The van der Waals surface area contributed by atoms with Crippen LogP contribution in [0, 0.1) is 5.92 Å². The van der Waals surface area contributed by atoms with Crippen molar-refractivity contribution in [3.8, 4) is 11.3 Å². The lowest BCUT2D eigenvalue weighted by Crippen LogP contribution is -2.33. The minimum absolute atomic E-state index is 0.278. The van der Waals surface area contributed by atoms with Gasteiger partial charge in [-0.05, 0) is 87.8 Å². The van der Waals surface area contributed by atoms with Crippen LogP contribution < -0.4 is 15.5 Å². The molecule has 0 saturated carbocycles. The first-order valence-electron chi connectivity index (χ1n) is 13.0. The number of anilines is 3. The lowest BCUT2D eigenvalue weighted by atomic mass is 9.93. The largest absolute Gasteiger partial charge is 0.481 e. The second-order valence-electron chi connectivity index (χ2n) is 9.69. The molecule has 196 valence electrons. The number of pyridine rings is 1. The molecule has 2 aromatic heterocycles. The van der Waals surface area contributed by atoms with Gasteiger partial charge < -0.3 is 20.6 Å². The van der Waals surface area contributed by atoms with Gasteiger partial charge in [-0.25, -0.2) is 15.0 Å². The van der Waals surface area contributed by atoms with Gasteiger partial charge >= 0.3 is 5.97 Å². The number of benzene rings is 1. The second kappa shape index (κ2) is 13.1. The van der Waals surface area contributed by atoms with Crippen molar-refractivity contribution < 1.29 is 9.90 Å². The number of nitrogens with zero attached hydrogens (tertiary/aromatic N) is 5. The summed E-state index contributed by atoms with van der Waals surface area (Å²) in [6.07, 6.45) is 6.83. The molecule has 9 nitrogen and oxygen atoms in total. The van der Waals surface area contributed by atoms with Crippen molar-refractivity contribution in [3.63, 3.8) is 0 Å². The Morgan fingerprint density at radius 1 is 1.16 bits per heavy atom. The molecule has 9 heteroatoms. The quantitative estimate of drug-likeness (QED) is 0.316. The average molecular weight is 504 g/mol. The molecule has 0 amide bonds. The molecular weight excluding hydrogens is 466 g/mol. The van der Waals surface area contributed by atoms with Crippen LogP contribution in [0.3, 0.4) is 0 Å². The number of nitrogens with one attached hydrogen (secondary N) is 2. The van der Waals surface area contributed by atoms with Crippen LogP contribution in [0.25, 0.3) is 11.3 Å². The number of piperidine rings is 1. The maximum Gasteiger partial charge on any atom is 0.303 e. The molecule has 37 heavy (non-hydrogen) atoms. The van der Waals surface area contributed by atoms with E-state index in [0.717, 1.165) is 74.7 Å². The van der Waals surface area contributed by atoms with Gasteiger partial charge in [0.2, 0.25) is 5.95 Å². The zero-order valence-corrected chi connectivity index (χ0v) is 21.7. The van der Waals surface area contributed by atoms with Crippen LogP contribution in [0.5, 0.6) is 0 Å². The highest BCUT2D eigenvalue weighted by Gasteiger charge is 2.21. The van der Waals surface area contributed by atoms with Gasteiger partial charge in [0.1, 0.15) is 5.82 Å². The molecule has 3 aromatic rings. The maximum atomic E-state index is 11.0. The number of aliphatic carboxylic acids is 1. The number of hydrogen-bond acceptors (Lipinski definition) is 8. The maximum absolute atomic E-state index is 11.0. The van der Waals surface area contributed by atoms with E-state index in [1.54, 1.807) is 6.20 Å². The Morgan fingerprint density at radius 3 is 2.73 bits per heavy atom. The topological polar surface area (TPSA) is 107 Å². The Hall–Kier alpha value is -3.56. The summed E-state index contributed by atoms with van der Waals surface area (Å²) in [5, 5.41) is 15.5. The van der Waals surface area contributed by atoms with Crippen LogP contribution >= 0.6 is 0 Å². The van der Waals surface area contributed by atoms with Crippen molar-refractivity contribution in [2.45, 2.75) is 32.2 Å². The molecule has 3 heterocycles. The van der Waals surface area contributed by atoms with Crippen molar-refractivity contribution in [1.29, 1.82) is 0 Å². The van der Waals surface area contributed by atoms with Crippen LogP contribution in [0.2, 0.25) is 0 Å². The minimum Gasteiger partial charge on any atom is -0.481 e. The normalized spacial score (nSPS) is 14.4. The number of carboxylic acid groups (broad SMARTS) is 1. The van der Waals surface area contributed by atoms with Gasteiger partial charge in [-0.1, -0.05) is 12.1 Å². The molecule has 0 atom stereocenters. The van der Waals surface area contributed by atoms with Crippen molar-refractivity contribution in [2.24, 2.45) is 5.92 Å². The molecule has 0 aliphatic carbocycles. The van der Waals surface area contributed by atoms with E-state index in [9.17, 15) is 4.79 Å². The monoisotopic (exact) mass is 503 g/mol. The molecule has 4 rings (SSSR count). The smallest absolute Gasteiger partial charge is 0.303 e. The van der Waals surface area contributed by atoms with E-state index in [0.29, 0.717) is 11.9 Å². The first-order chi connectivity index (χ1) is 18.0. The van der Waals surface area contributed by atoms with Gasteiger partial charge in [-0.15, -0.1) is 0 Å². The third-order valence-corrected chi connectivity index (χ3v) is 6.77. The number of hydrogen-bond donors (Lipinski definition) is 3. The summed E-state index contributed by atoms with van der Waals surface area (Å²) in [6, 6.07) is 14.3. The molecule has 0 radical (unpaired) electrons. The Kier molecular flexibility index (Phi) is 9.40. The van der Waals surface area contributed by atoms with E-state index in [1.165, 1.54) is 5.56 Å². The second-order valence-corrected chi connectivity index (χ2v) is 9.69. The molecule has 1 saturated heterocycles. The summed E-state index contributed by atoms with van der Waals surface area (Å²) < 4.78 is 0. The fourth-order valence-corrected chi connectivity index (χ4v) is 4.68. The number of likely N-dealkylation sites (tertiary alicyclic amines) is 1. The van der Waals surface area contributed by atoms with Crippen LogP contribution in [0.4, 0.5) is 17.5 Å². The summed E-state index contributed by atoms with van der Waals surface area (Å²) in [5.74, 6) is 1.08. The van der Waals surface area contributed by atoms with E-state index in [-0.39, 0.29) is 6.42 Å². The number of aromatic nitrogens is 3. The molecule has 1 aliphatic rings. The average Bonchev–Trinajstić information content (AvgIpc) is 2.90. The molecule has 0 bridgehead atoms. The Balaban J connectivity index is 1.35. The SMILES string of the molecule is CNCCCN(C)c1ccc(-c2ccnc(Nc3cccc(CN4CCC(CC(=O)O)CC4)c3)n2)cn1. The third-order valence-electron chi connectivity index (χ3n) is 6.77. The Labute approximate surface area is 219 Å². The first kappa shape index (κ1) is 26.5. The van der Waals surface area contributed by atoms with Gasteiger partial charge in [0, 0.05) is 50.2 Å². The van der Waals surface area contributed by atoms with Crippen molar-refractivity contribution in [2.75, 3.05) is 50.5 Å². The third kappa shape index (κ3) is 7.96. The van der Waals surface area contributed by atoms with Crippen molar-refractivity contribution in [3.05, 3.63) is 60.4 Å². The molecule has 0 spiro atoms. The molecule has 1 aromatic carbocycles. The van der Waals surface area contributed by atoms with E-state index < -0.39 is 5.97 Å². The Bertz CT molecular complexity index is 1150. The van der Waals surface area contributed by atoms with Crippen molar-refractivity contribution >= 4 is 23.4 Å². The van der Waals surface area contributed by atoms with Crippen LogP contribution in [-0.2, 0) is 11.3 Å². The molecular formula is C28H37N7O2. The molecule has 1 aliphatic heterocycles. The first-order valence-corrected chi connectivity index (χ1v) is 13.0. The van der Waals surface area contributed by atoms with Gasteiger partial charge in [0.25, 0.3) is 0 Å². The number of carboxylic acids is 1. The molecule has 1 fully saturated rings. The standard InChI is InChI=1S/C28H37N7O2/c1-29-12-4-14-34(2)26-8-7-23(19-31-26)25-9-13-30-28(33-25)32-24-6-3-5-22(17-24)20-35-15-10-21(11-16-35)18-27(36)37/h3,5-9,13,17,19,21,29H,4,10-12,14-16,18,20H2,1-2H3,(H,36,37)(H,30,32,33). The van der Waals surface area contributed by atoms with Gasteiger partial charge in [-0.2, -0.15) is 0 Å². The van der Waals surface area contributed by atoms with Crippen molar-refractivity contribution in [1.82, 2.24) is 25.2 Å². The van der Waals surface area contributed by atoms with E-state index in [4.69, 9.17) is 10.1 Å². The van der Waals surface area contributed by atoms with Gasteiger partial charge in [0.05, 0.1) is 5.69 Å². The van der Waals surface area contributed by atoms with Crippen LogP contribution in [-0.4, -0.2) is 71.2 Å².